The van der Waals surface area contributed by atoms with Crippen molar-refractivity contribution >= 4 is 12.1 Å². The van der Waals surface area contributed by atoms with E-state index in [1.165, 1.54) is 12.4 Å². The van der Waals surface area contributed by atoms with Gasteiger partial charge in [0.25, 0.3) is 5.91 Å². The molecular formula is C14H13N3O2. The Labute approximate surface area is 110 Å². The Kier molecular flexibility index (Phi) is 3.87. The Morgan fingerprint density at radius 3 is 2.95 bits per heavy atom. The summed E-state index contributed by atoms with van der Waals surface area (Å²) in [7, 11) is 0. The fourth-order valence-electron chi connectivity index (χ4n) is 1.48. The van der Waals surface area contributed by atoms with Crippen LogP contribution in [0.5, 0.6) is 5.75 Å². The van der Waals surface area contributed by atoms with Crippen molar-refractivity contribution < 1.29 is 9.90 Å². The zero-order chi connectivity index (χ0) is 13.7. The number of phenolic OH excluding ortho intramolecular Hbond substituents is 1. The molecule has 5 nitrogen and oxygen atoms in total. The van der Waals surface area contributed by atoms with Crippen LogP contribution in [0.25, 0.3) is 0 Å². The number of aryl methyl sites for hydroxylation is 1. The number of nitrogens with one attached hydrogen (secondary N) is 1. The normalized spacial score (nSPS) is 10.6. The van der Waals surface area contributed by atoms with Crippen LogP contribution in [0.3, 0.4) is 0 Å². The van der Waals surface area contributed by atoms with Gasteiger partial charge in [0.05, 0.1) is 11.8 Å². The molecule has 1 amide bonds. The van der Waals surface area contributed by atoms with Gasteiger partial charge in [-0.2, -0.15) is 5.10 Å². The van der Waals surface area contributed by atoms with E-state index in [-0.39, 0.29) is 11.7 Å². The molecule has 0 radical (unpaired) electrons. The highest BCUT2D eigenvalue weighted by Crippen LogP contribution is 2.15. The summed E-state index contributed by atoms with van der Waals surface area (Å²) in [5.41, 5.74) is 4.28. The molecule has 0 aliphatic rings. The van der Waals surface area contributed by atoms with Crippen LogP contribution < -0.4 is 5.43 Å². The molecule has 1 aromatic carbocycles. The molecule has 1 aromatic heterocycles. The van der Waals surface area contributed by atoms with Crippen molar-refractivity contribution in [1.29, 1.82) is 0 Å². The summed E-state index contributed by atoms with van der Waals surface area (Å²) in [6.45, 7) is 1.88. The number of carbonyl (C=O) groups is 1. The van der Waals surface area contributed by atoms with Crippen LogP contribution in [0.2, 0.25) is 0 Å². The van der Waals surface area contributed by atoms with E-state index in [9.17, 15) is 9.90 Å². The van der Waals surface area contributed by atoms with Gasteiger partial charge in [0.15, 0.2) is 0 Å². The first-order valence-corrected chi connectivity index (χ1v) is 5.70. The number of rotatable bonds is 3. The zero-order valence-corrected chi connectivity index (χ0v) is 10.4. The molecule has 5 heteroatoms. The highest BCUT2D eigenvalue weighted by atomic mass is 16.3. The molecule has 0 bridgehead atoms. The van der Waals surface area contributed by atoms with Gasteiger partial charge < -0.3 is 5.11 Å². The molecule has 2 aromatic rings. The van der Waals surface area contributed by atoms with Gasteiger partial charge in [-0.05, 0) is 36.8 Å². The van der Waals surface area contributed by atoms with Crippen LogP contribution >= 0.6 is 0 Å². The third kappa shape index (κ3) is 3.38. The third-order valence-corrected chi connectivity index (χ3v) is 2.48. The van der Waals surface area contributed by atoms with E-state index in [4.69, 9.17) is 0 Å². The molecule has 0 spiro atoms. The topological polar surface area (TPSA) is 74.6 Å². The lowest BCUT2D eigenvalue weighted by atomic mass is 10.1. The summed E-state index contributed by atoms with van der Waals surface area (Å²) >= 11 is 0. The van der Waals surface area contributed by atoms with Gasteiger partial charge in [-0.15, -0.1) is 0 Å². The minimum absolute atomic E-state index is 0.124. The van der Waals surface area contributed by atoms with Gasteiger partial charge in [0.2, 0.25) is 0 Å². The number of benzene rings is 1. The van der Waals surface area contributed by atoms with Gasteiger partial charge in [0, 0.05) is 18.0 Å². The van der Waals surface area contributed by atoms with Crippen LogP contribution in [0.4, 0.5) is 0 Å². The summed E-state index contributed by atoms with van der Waals surface area (Å²) in [6.07, 6.45) is 4.43. The maximum Gasteiger partial charge on any atom is 0.272 e. The molecule has 0 saturated carbocycles. The van der Waals surface area contributed by atoms with E-state index in [0.717, 1.165) is 5.56 Å². The average Bonchev–Trinajstić information content (AvgIpc) is 2.42. The summed E-state index contributed by atoms with van der Waals surface area (Å²) in [6, 6.07) is 8.52. The Bertz CT molecular complexity index is 609. The molecule has 0 aliphatic carbocycles. The lowest BCUT2D eigenvalue weighted by Crippen LogP contribution is -2.17. The molecule has 0 atom stereocenters. The minimum atomic E-state index is -0.351. The molecule has 0 aliphatic heterocycles. The van der Waals surface area contributed by atoms with Gasteiger partial charge in [0.1, 0.15) is 5.75 Å². The first-order chi connectivity index (χ1) is 9.16. The highest BCUT2D eigenvalue weighted by molar-refractivity contribution is 5.94. The predicted octanol–water partition coefficient (Wildman–Crippen LogP) is 1.86. The number of hydrogen-bond acceptors (Lipinski definition) is 4. The number of carbonyl (C=O) groups excluding carboxylic acids is 1. The fraction of sp³-hybridized carbons (Fsp3) is 0.0714. The first-order valence-electron chi connectivity index (χ1n) is 5.70. The number of pyridine rings is 1. The summed E-state index contributed by atoms with van der Waals surface area (Å²) in [5.74, 6) is -0.227. The van der Waals surface area contributed by atoms with Crippen molar-refractivity contribution in [3.63, 3.8) is 0 Å². The van der Waals surface area contributed by atoms with Crippen LogP contribution in [0.1, 0.15) is 21.5 Å². The summed E-state index contributed by atoms with van der Waals surface area (Å²) in [5, 5.41) is 13.5. The van der Waals surface area contributed by atoms with Crippen LogP contribution in [-0.4, -0.2) is 22.2 Å². The largest absolute Gasteiger partial charge is 0.507 e. The second-order valence-electron chi connectivity index (χ2n) is 4.00. The van der Waals surface area contributed by atoms with E-state index >= 15 is 0 Å². The number of hydrazone groups is 1. The van der Waals surface area contributed by atoms with Crippen LogP contribution in [0.15, 0.2) is 47.8 Å². The Balaban J connectivity index is 2.02. The van der Waals surface area contributed by atoms with Gasteiger partial charge >= 0.3 is 0 Å². The Morgan fingerprint density at radius 2 is 2.26 bits per heavy atom. The molecule has 0 fully saturated rings. The summed E-state index contributed by atoms with van der Waals surface area (Å²) in [4.78, 5) is 15.5. The molecule has 2 N–H and O–H groups in total. The number of hydrogen-bond donors (Lipinski definition) is 2. The lowest BCUT2D eigenvalue weighted by molar-refractivity contribution is 0.0954. The minimum Gasteiger partial charge on any atom is -0.507 e. The van der Waals surface area contributed by atoms with Crippen molar-refractivity contribution in [1.82, 2.24) is 10.4 Å². The van der Waals surface area contributed by atoms with Crippen molar-refractivity contribution in [2.45, 2.75) is 6.92 Å². The van der Waals surface area contributed by atoms with Crippen molar-refractivity contribution in [3.05, 3.63) is 59.4 Å². The van der Waals surface area contributed by atoms with E-state index in [1.54, 1.807) is 30.5 Å². The quantitative estimate of drug-likeness (QED) is 0.649. The maximum absolute atomic E-state index is 11.6. The second-order valence-corrected chi connectivity index (χ2v) is 4.00. The van der Waals surface area contributed by atoms with E-state index < -0.39 is 0 Å². The van der Waals surface area contributed by atoms with Crippen molar-refractivity contribution in [3.8, 4) is 5.75 Å². The Hall–Kier alpha value is -2.69. The number of aromatic hydroxyl groups is 1. The number of aromatic nitrogens is 1. The number of nitrogens with zero attached hydrogens (tertiary/aromatic N) is 2. The monoisotopic (exact) mass is 255 g/mol. The predicted molar refractivity (Wildman–Crippen MR) is 72.1 cm³/mol. The first kappa shape index (κ1) is 12.8. The lowest BCUT2D eigenvalue weighted by Gasteiger charge is -2.01. The number of phenols is 1. The van der Waals surface area contributed by atoms with E-state index in [1.807, 2.05) is 13.0 Å². The van der Waals surface area contributed by atoms with Gasteiger partial charge in [-0.3, -0.25) is 9.78 Å². The van der Waals surface area contributed by atoms with Gasteiger partial charge in [-0.25, -0.2) is 5.43 Å². The number of amides is 1. The van der Waals surface area contributed by atoms with E-state index in [0.29, 0.717) is 11.1 Å². The molecule has 2 rings (SSSR count). The van der Waals surface area contributed by atoms with E-state index in [2.05, 4.69) is 15.5 Å². The second kappa shape index (κ2) is 5.77. The molecular weight excluding hydrogens is 242 g/mol. The van der Waals surface area contributed by atoms with Crippen molar-refractivity contribution in [2.24, 2.45) is 5.10 Å². The van der Waals surface area contributed by atoms with Gasteiger partial charge in [-0.1, -0.05) is 6.07 Å². The maximum atomic E-state index is 11.6. The third-order valence-electron chi connectivity index (χ3n) is 2.48. The zero-order valence-electron chi connectivity index (χ0n) is 10.4. The summed E-state index contributed by atoms with van der Waals surface area (Å²) < 4.78 is 0. The highest BCUT2D eigenvalue weighted by Gasteiger charge is 2.03. The molecule has 1 heterocycles. The SMILES string of the molecule is Cc1ccc(C=NNC(=O)c2cccnc2)c(O)c1. The average molecular weight is 255 g/mol. The van der Waals surface area contributed by atoms with Crippen molar-refractivity contribution in [2.75, 3.05) is 0 Å². The Morgan fingerprint density at radius 1 is 1.42 bits per heavy atom. The molecule has 96 valence electrons. The smallest absolute Gasteiger partial charge is 0.272 e. The molecule has 0 unspecified atom stereocenters. The van der Waals surface area contributed by atoms with Crippen LogP contribution in [0, 0.1) is 6.92 Å². The molecule has 19 heavy (non-hydrogen) atoms. The molecule has 0 saturated heterocycles. The van der Waals surface area contributed by atoms with Crippen LogP contribution in [-0.2, 0) is 0 Å². The fourth-order valence-corrected chi connectivity index (χ4v) is 1.48. The standard InChI is InChI=1S/C14H13N3O2/c1-10-4-5-11(13(18)7-10)9-16-17-14(19)12-3-2-6-15-8-12/h2-9,18H,1H3,(H,17,19).